The van der Waals surface area contributed by atoms with Crippen LogP contribution in [0.3, 0.4) is 0 Å². The number of urea groups is 1. The molecule has 0 aliphatic carbocycles. The van der Waals surface area contributed by atoms with E-state index in [9.17, 15) is 9.59 Å². The molecule has 6 nitrogen and oxygen atoms in total. The van der Waals surface area contributed by atoms with E-state index in [1.165, 1.54) is 6.07 Å². The molecule has 0 unspecified atom stereocenters. The summed E-state index contributed by atoms with van der Waals surface area (Å²) in [5.41, 5.74) is 0.401. The van der Waals surface area contributed by atoms with Crippen molar-refractivity contribution in [2.24, 2.45) is 5.92 Å². The van der Waals surface area contributed by atoms with Gasteiger partial charge in [0.25, 0.3) is 0 Å². The number of para-hydroxylation sites is 1. The molecule has 1 aromatic rings. The molecule has 1 aliphatic rings. The molecule has 0 bridgehead atoms. The Hall–Kier alpha value is -2.08. The summed E-state index contributed by atoms with van der Waals surface area (Å²) in [5, 5.41) is 14.5. The van der Waals surface area contributed by atoms with Crippen molar-refractivity contribution >= 4 is 17.7 Å². The quantitative estimate of drug-likeness (QED) is 0.790. The number of nitrogens with one attached hydrogen (secondary N) is 2. The molecular formula is C15H21N3O3. The number of carbonyl (C=O) groups excluding carboxylic acids is 1. The van der Waals surface area contributed by atoms with Crippen molar-refractivity contribution in [3.05, 3.63) is 29.8 Å². The molecule has 1 aliphatic heterocycles. The number of hydrogen-bond acceptors (Lipinski definition) is 3. The summed E-state index contributed by atoms with van der Waals surface area (Å²) in [6.45, 7) is 2.72. The second kappa shape index (κ2) is 7.08. The fourth-order valence-electron chi connectivity index (χ4n) is 2.45. The van der Waals surface area contributed by atoms with Gasteiger partial charge in [-0.15, -0.1) is 0 Å². The van der Waals surface area contributed by atoms with E-state index in [-0.39, 0.29) is 11.6 Å². The van der Waals surface area contributed by atoms with Gasteiger partial charge in [-0.25, -0.2) is 9.59 Å². The van der Waals surface area contributed by atoms with Gasteiger partial charge in [0.1, 0.15) is 0 Å². The predicted octanol–water partition coefficient (Wildman–Crippen LogP) is 1.85. The van der Waals surface area contributed by atoms with Crippen LogP contribution in [0.1, 0.15) is 23.2 Å². The Morgan fingerprint density at radius 1 is 1.29 bits per heavy atom. The first kappa shape index (κ1) is 15.3. The Bertz CT molecular complexity index is 511. The van der Waals surface area contributed by atoms with Gasteiger partial charge in [0.05, 0.1) is 11.3 Å². The molecule has 114 valence electrons. The third-order valence-electron chi connectivity index (χ3n) is 3.80. The lowest BCUT2D eigenvalue weighted by Crippen LogP contribution is -2.38. The lowest BCUT2D eigenvalue weighted by molar-refractivity contribution is 0.0698. The highest BCUT2D eigenvalue weighted by Crippen LogP contribution is 2.16. The minimum absolute atomic E-state index is 0.0898. The maximum atomic E-state index is 11.9. The van der Waals surface area contributed by atoms with Crippen molar-refractivity contribution in [1.82, 2.24) is 10.2 Å². The average Bonchev–Trinajstić information content (AvgIpc) is 2.47. The van der Waals surface area contributed by atoms with Crippen LogP contribution < -0.4 is 10.6 Å². The Labute approximate surface area is 124 Å². The summed E-state index contributed by atoms with van der Waals surface area (Å²) in [7, 11) is 2.10. The van der Waals surface area contributed by atoms with E-state index in [0.29, 0.717) is 18.2 Å². The highest BCUT2D eigenvalue weighted by Gasteiger charge is 2.17. The summed E-state index contributed by atoms with van der Waals surface area (Å²) in [6.07, 6.45) is 2.14. The summed E-state index contributed by atoms with van der Waals surface area (Å²) in [4.78, 5) is 25.2. The predicted molar refractivity (Wildman–Crippen MR) is 80.6 cm³/mol. The molecule has 0 spiro atoms. The van der Waals surface area contributed by atoms with Crippen LogP contribution in [0.4, 0.5) is 10.5 Å². The monoisotopic (exact) mass is 291 g/mol. The molecule has 21 heavy (non-hydrogen) atoms. The number of carboxylic acids is 1. The molecule has 0 saturated carbocycles. The van der Waals surface area contributed by atoms with Crippen LogP contribution >= 0.6 is 0 Å². The van der Waals surface area contributed by atoms with Crippen LogP contribution in [0.15, 0.2) is 24.3 Å². The summed E-state index contributed by atoms with van der Waals surface area (Å²) >= 11 is 0. The maximum Gasteiger partial charge on any atom is 0.337 e. The van der Waals surface area contributed by atoms with Gasteiger partial charge in [0.15, 0.2) is 0 Å². The van der Waals surface area contributed by atoms with Crippen LogP contribution in [-0.4, -0.2) is 48.7 Å². The van der Waals surface area contributed by atoms with Crippen LogP contribution in [-0.2, 0) is 0 Å². The van der Waals surface area contributed by atoms with Gasteiger partial charge in [-0.05, 0) is 51.0 Å². The van der Waals surface area contributed by atoms with E-state index in [4.69, 9.17) is 5.11 Å². The van der Waals surface area contributed by atoms with Gasteiger partial charge in [-0.3, -0.25) is 0 Å². The number of nitrogens with zero attached hydrogens (tertiary/aromatic N) is 1. The van der Waals surface area contributed by atoms with Crippen LogP contribution in [0.5, 0.6) is 0 Å². The lowest BCUT2D eigenvalue weighted by Gasteiger charge is -2.28. The lowest BCUT2D eigenvalue weighted by atomic mass is 9.97. The number of benzene rings is 1. The maximum absolute atomic E-state index is 11.9. The second-order valence-corrected chi connectivity index (χ2v) is 5.43. The Balaban J connectivity index is 1.83. The Morgan fingerprint density at radius 3 is 2.62 bits per heavy atom. The molecular weight excluding hydrogens is 270 g/mol. The van der Waals surface area contributed by atoms with Crippen molar-refractivity contribution in [3.63, 3.8) is 0 Å². The normalized spacial score (nSPS) is 16.4. The standard InChI is InChI=1S/C15H21N3O3/c1-18-8-6-11(7-9-18)10-16-15(21)17-13-5-3-2-4-12(13)14(19)20/h2-5,11H,6-10H2,1H3,(H,19,20)(H2,16,17,21). The van der Waals surface area contributed by atoms with Crippen molar-refractivity contribution in [2.75, 3.05) is 32.0 Å². The molecule has 1 fully saturated rings. The van der Waals surface area contributed by atoms with Gasteiger partial charge in [-0.2, -0.15) is 0 Å². The van der Waals surface area contributed by atoms with E-state index in [1.54, 1.807) is 18.2 Å². The van der Waals surface area contributed by atoms with Gasteiger partial charge in [0.2, 0.25) is 0 Å². The van der Waals surface area contributed by atoms with E-state index >= 15 is 0 Å². The zero-order valence-electron chi connectivity index (χ0n) is 12.1. The fourth-order valence-corrected chi connectivity index (χ4v) is 2.45. The minimum Gasteiger partial charge on any atom is -0.478 e. The molecule has 2 rings (SSSR count). The van der Waals surface area contributed by atoms with Crippen molar-refractivity contribution in [1.29, 1.82) is 0 Å². The van der Waals surface area contributed by atoms with Gasteiger partial charge in [0, 0.05) is 6.54 Å². The molecule has 0 atom stereocenters. The van der Waals surface area contributed by atoms with Crippen LogP contribution in [0.25, 0.3) is 0 Å². The molecule has 0 aromatic heterocycles. The van der Waals surface area contributed by atoms with Crippen LogP contribution in [0.2, 0.25) is 0 Å². The number of aromatic carboxylic acids is 1. The van der Waals surface area contributed by atoms with Crippen molar-refractivity contribution in [3.8, 4) is 0 Å². The fraction of sp³-hybridized carbons (Fsp3) is 0.467. The largest absolute Gasteiger partial charge is 0.478 e. The highest BCUT2D eigenvalue weighted by molar-refractivity contribution is 5.99. The number of rotatable bonds is 4. The number of amides is 2. The second-order valence-electron chi connectivity index (χ2n) is 5.43. The molecule has 1 heterocycles. The van der Waals surface area contributed by atoms with Crippen molar-refractivity contribution < 1.29 is 14.7 Å². The average molecular weight is 291 g/mol. The Morgan fingerprint density at radius 2 is 1.95 bits per heavy atom. The first-order chi connectivity index (χ1) is 10.1. The number of piperidine rings is 1. The number of hydrogen-bond donors (Lipinski definition) is 3. The van der Waals surface area contributed by atoms with E-state index < -0.39 is 5.97 Å². The molecule has 1 aromatic carbocycles. The topological polar surface area (TPSA) is 81.7 Å². The smallest absolute Gasteiger partial charge is 0.337 e. The van der Waals surface area contributed by atoms with E-state index in [0.717, 1.165) is 25.9 Å². The number of likely N-dealkylation sites (tertiary alicyclic amines) is 1. The molecule has 1 saturated heterocycles. The SMILES string of the molecule is CN1CCC(CNC(=O)Nc2ccccc2C(=O)O)CC1. The zero-order chi connectivity index (χ0) is 15.2. The van der Waals surface area contributed by atoms with E-state index in [2.05, 4.69) is 22.6 Å². The Kier molecular flexibility index (Phi) is 5.16. The van der Waals surface area contributed by atoms with Gasteiger partial charge in [-0.1, -0.05) is 12.1 Å². The first-order valence-electron chi connectivity index (χ1n) is 7.12. The molecule has 2 amide bonds. The number of carboxylic acid groups (broad SMARTS) is 1. The third-order valence-corrected chi connectivity index (χ3v) is 3.80. The van der Waals surface area contributed by atoms with Gasteiger partial charge >= 0.3 is 12.0 Å². The molecule has 6 heteroatoms. The zero-order valence-corrected chi connectivity index (χ0v) is 12.1. The van der Waals surface area contributed by atoms with Crippen molar-refractivity contribution in [2.45, 2.75) is 12.8 Å². The number of carbonyl (C=O) groups is 2. The summed E-state index contributed by atoms with van der Waals surface area (Å²) in [6, 6.07) is 6.01. The molecule has 3 N–H and O–H groups in total. The van der Waals surface area contributed by atoms with Crippen LogP contribution in [0, 0.1) is 5.92 Å². The number of anilines is 1. The molecule has 0 radical (unpaired) electrons. The third kappa shape index (κ3) is 4.46. The highest BCUT2D eigenvalue weighted by atomic mass is 16.4. The summed E-state index contributed by atoms with van der Waals surface area (Å²) < 4.78 is 0. The first-order valence-corrected chi connectivity index (χ1v) is 7.12. The minimum atomic E-state index is -1.05. The summed E-state index contributed by atoms with van der Waals surface area (Å²) in [5.74, 6) is -0.567. The van der Waals surface area contributed by atoms with Gasteiger partial charge < -0.3 is 20.6 Å². The van der Waals surface area contributed by atoms with E-state index in [1.807, 2.05) is 0 Å².